The molecule has 0 aliphatic heterocycles. The van der Waals surface area contributed by atoms with E-state index in [0.717, 1.165) is 12.8 Å². The van der Waals surface area contributed by atoms with Crippen molar-refractivity contribution in [1.82, 2.24) is 4.72 Å². The maximum Gasteiger partial charge on any atom is 0.333 e. The maximum absolute atomic E-state index is 9.93. The minimum absolute atomic E-state index is 0. The van der Waals surface area contributed by atoms with E-state index in [0.29, 0.717) is 0 Å². The Morgan fingerprint density at radius 3 is 2.00 bits per heavy atom. The van der Waals surface area contributed by atoms with Gasteiger partial charge in [0.25, 0.3) is 0 Å². The fraction of sp³-hybridized carbons (Fsp3) is 1.00. The largest absolute Gasteiger partial charge is 0.412 e. The molecule has 0 atom stereocenters. The average molecular weight is 155 g/mol. The van der Waals surface area contributed by atoms with Crippen LogP contribution < -0.4 is 4.72 Å². The van der Waals surface area contributed by atoms with Crippen LogP contribution >= 0.6 is 0 Å². The molecule has 1 fully saturated rings. The average Bonchev–Trinajstić information content (AvgIpc) is 2.12. The zero-order valence-corrected chi connectivity index (χ0v) is 5.48. The topological polar surface area (TPSA) is 97.9 Å². The highest BCUT2D eigenvalue weighted by Gasteiger charge is 2.25. The number of hydrogen-bond donors (Lipinski definition) is 2. The van der Waals surface area contributed by atoms with Gasteiger partial charge in [-0.1, -0.05) is 0 Å². The van der Waals surface area contributed by atoms with Crippen LogP contribution in [0.1, 0.15) is 12.8 Å². The fourth-order valence-electron chi connectivity index (χ4n) is 0.412. The Morgan fingerprint density at radius 1 is 1.44 bits per heavy atom. The molecule has 1 rings (SSSR count). The van der Waals surface area contributed by atoms with E-state index in [1.54, 1.807) is 0 Å². The molecular formula is C3H9NO4S. The van der Waals surface area contributed by atoms with Crippen LogP contribution in [0.4, 0.5) is 0 Å². The third-order valence-corrected chi connectivity index (χ3v) is 1.52. The van der Waals surface area contributed by atoms with Crippen LogP contribution in [0.15, 0.2) is 0 Å². The molecule has 1 saturated carbocycles. The predicted octanol–water partition coefficient (Wildman–Crippen LogP) is -1.28. The van der Waals surface area contributed by atoms with Gasteiger partial charge in [0, 0.05) is 6.04 Å². The zero-order valence-electron chi connectivity index (χ0n) is 4.66. The summed E-state index contributed by atoms with van der Waals surface area (Å²) >= 11 is 0. The Labute approximate surface area is 53.3 Å². The van der Waals surface area contributed by atoms with Gasteiger partial charge in [-0.15, -0.1) is 0 Å². The van der Waals surface area contributed by atoms with Crippen LogP contribution in [0, 0.1) is 0 Å². The molecule has 1 aliphatic carbocycles. The molecule has 9 heavy (non-hydrogen) atoms. The van der Waals surface area contributed by atoms with Crippen molar-refractivity contribution in [1.29, 1.82) is 0 Å². The lowest BCUT2D eigenvalue weighted by Crippen LogP contribution is -2.24. The molecule has 0 aromatic heterocycles. The van der Waals surface area contributed by atoms with Gasteiger partial charge in [0.1, 0.15) is 0 Å². The third-order valence-electron chi connectivity index (χ3n) is 0.893. The minimum Gasteiger partial charge on any atom is -0.412 e. The first-order chi connectivity index (χ1) is 3.58. The van der Waals surface area contributed by atoms with Crippen LogP contribution in [-0.4, -0.2) is 24.5 Å². The summed E-state index contributed by atoms with van der Waals surface area (Å²) in [6.07, 6.45) is 1.69. The van der Waals surface area contributed by atoms with Crippen LogP contribution in [0.3, 0.4) is 0 Å². The lowest BCUT2D eigenvalue weighted by atomic mass is 10.8. The van der Waals surface area contributed by atoms with Gasteiger partial charge >= 0.3 is 10.3 Å². The van der Waals surface area contributed by atoms with Crippen molar-refractivity contribution in [2.45, 2.75) is 18.9 Å². The quantitative estimate of drug-likeness (QED) is 0.486. The van der Waals surface area contributed by atoms with Gasteiger partial charge in [-0.05, 0) is 12.8 Å². The molecule has 0 spiro atoms. The lowest BCUT2D eigenvalue weighted by molar-refractivity contribution is 0.467. The van der Waals surface area contributed by atoms with Crippen molar-refractivity contribution >= 4 is 10.3 Å². The van der Waals surface area contributed by atoms with E-state index in [-0.39, 0.29) is 11.5 Å². The van der Waals surface area contributed by atoms with Crippen molar-refractivity contribution in [2.24, 2.45) is 0 Å². The van der Waals surface area contributed by atoms with Crippen molar-refractivity contribution < 1.29 is 18.4 Å². The van der Waals surface area contributed by atoms with Gasteiger partial charge in [0.15, 0.2) is 0 Å². The smallest absolute Gasteiger partial charge is 0.333 e. The van der Waals surface area contributed by atoms with Crippen molar-refractivity contribution in [2.75, 3.05) is 0 Å². The molecule has 0 saturated heterocycles. The summed E-state index contributed by atoms with van der Waals surface area (Å²) in [4.78, 5) is 0. The highest BCUT2D eigenvalue weighted by Crippen LogP contribution is 2.18. The van der Waals surface area contributed by atoms with Gasteiger partial charge in [-0.25, -0.2) is 0 Å². The normalized spacial score (nSPS) is 18.8. The van der Waals surface area contributed by atoms with Crippen molar-refractivity contribution in [3.63, 3.8) is 0 Å². The Bertz CT molecular complexity index is 170. The molecule has 0 aromatic rings. The first kappa shape index (κ1) is 8.83. The molecule has 5 nitrogen and oxygen atoms in total. The van der Waals surface area contributed by atoms with Crippen LogP contribution in [-0.2, 0) is 10.3 Å². The van der Waals surface area contributed by atoms with E-state index in [1.807, 2.05) is 4.72 Å². The number of nitrogens with one attached hydrogen (secondary N) is 1. The molecule has 4 N–H and O–H groups in total. The Kier molecular flexibility index (Phi) is 2.56. The molecule has 56 valence electrons. The monoisotopic (exact) mass is 155 g/mol. The third kappa shape index (κ3) is 4.34. The molecule has 0 amide bonds. The highest BCUT2D eigenvalue weighted by molar-refractivity contribution is 7.83. The summed E-state index contributed by atoms with van der Waals surface area (Å²) in [5.74, 6) is 0. The Morgan fingerprint density at radius 2 is 1.89 bits per heavy atom. The molecule has 0 radical (unpaired) electrons. The second-order valence-electron chi connectivity index (χ2n) is 1.87. The van der Waals surface area contributed by atoms with Gasteiger partial charge in [-0.2, -0.15) is 13.1 Å². The van der Waals surface area contributed by atoms with Gasteiger partial charge in [-0.3, -0.25) is 4.55 Å². The first-order valence-electron chi connectivity index (χ1n) is 2.33. The standard InChI is InChI=1S/C3H7NO3S.H2O/c5-8(6,7)4-3-1-2-3;/h3-4H,1-2H2,(H,5,6,7);1H2. The van der Waals surface area contributed by atoms with E-state index in [9.17, 15) is 8.42 Å². The molecule has 0 bridgehead atoms. The molecule has 0 unspecified atom stereocenters. The summed E-state index contributed by atoms with van der Waals surface area (Å²) in [5, 5.41) is 0. The molecule has 0 heterocycles. The lowest BCUT2D eigenvalue weighted by Gasteiger charge is -1.92. The summed E-state index contributed by atoms with van der Waals surface area (Å²) in [5.41, 5.74) is 0. The van der Waals surface area contributed by atoms with Crippen molar-refractivity contribution in [3.8, 4) is 0 Å². The van der Waals surface area contributed by atoms with E-state index in [2.05, 4.69) is 0 Å². The fourth-order valence-corrected chi connectivity index (χ4v) is 1.07. The summed E-state index contributed by atoms with van der Waals surface area (Å²) in [7, 11) is -3.91. The summed E-state index contributed by atoms with van der Waals surface area (Å²) in [6, 6.07) is 0.00463. The van der Waals surface area contributed by atoms with Crippen molar-refractivity contribution in [3.05, 3.63) is 0 Å². The Hall–Kier alpha value is -0.170. The van der Waals surface area contributed by atoms with Crippen LogP contribution in [0.25, 0.3) is 0 Å². The van der Waals surface area contributed by atoms with E-state index in [4.69, 9.17) is 4.55 Å². The molecule has 6 heteroatoms. The highest BCUT2D eigenvalue weighted by atomic mass is 32.2. The van der Waals surface area contributed by atoms with Crippen LogP contribution in [0.5, 0.6) is 0 Å². The predicted molar refractivity (Wildman–Crippen MR) is 31.3 cm³/mol. The van der Waals surface area contributed by atoms with E-state index in [1.165, 1.54) is 0 Å². The Balaban J connectivity index is 0.000000640. The van der Waals surface area contributed by atoms with Gasteiger partial charge < -0.3 is 5.48 Å². The SMILES string of the molecule is O.O=S(=O)(O)NC1CC1. The van der Waals surface area contributed by atoms with E-state index < -0.39 is 10.3 Å². The number of hydrogen-bond acceptors (Lipinski definition) is 2. The second kappa shape index (κ2) is 2.61. The summed E-state index contributed by atoms with van der Waals surface area (Å²) < 4.78 is 30.0. The van der Waals surface area contributed by atoms with Crippen LogP contribution in [0.2, 0.25) is 0 Å². The summed E-state index contributed by atoms with van der Waals surface area (Å²) in [6.45, 7) is 0. The molecular weight excluding hydrogens is 146 g/mol. The number of rotatable bonds is 2. The first-order valence-corrected chi connectivity index (χ1v) is 3.77. The second-order valence-corrected chi connectivity index (χ2v) is 3.05. The van der Waals surface area contributed by atoms with Gasteiger partial charge in [0.2, 0.25) is 0 Å². The maximum atomic E-state index is 9.93. The zero-order chi connectivity index (χ0) is 6.20. The van der Waals surface area contributed by atoms with Gasteiger partial charge in [0.05, 0.1) is 0 Å². The molecule has 0 aromatic carbocycles. The minimum atomic E-state index is -3.91. The molecule has 1 aliphatic rings. The van der Waals surface area contributed by atoms with E-state index >= 15 is 0 Å².